The molecule has 1 aliphatic carbocycles. The number of carbonyl (C=O) groups excluding carboxylic acids is 1. The van der Waals surface area contributed by atoms with Gasteiger partial charge in [0, 0.05) is 29.5 Å². The molecular weight excluding hydrogens is 459 g/mol. The van der Waals surface area contributed by atoms with Crippen LogP contribution >= 0.6 is 0 Å². The highest BCUT2D eigenvalue weighted by molar-refractivity contribution is 5.97. The molecule has 10 heteroatoms. The van der Waals surface area contributed by atoms with E-state index in [2.05, 4.69) is 34.7 Å². The minimum Gasteiger partial charge on any atom is -0.385 e. The van der Waals surface area contributed by atoms with Crippen LogP contribution in [0.4, 0.5) is 18.9 Å². The van der Waals surface area contributed by atoms with Crippen LogP contribution in [-0.4, -0.2) is 53.4 Å². The first kappa shape index (κ1) is 28.5. The molecule has 1 amide bonds. The van der Waals surface area contributed by atoms with Crippen LogP contribution in [0.25, 0.3) is 0 Å². The number of alkyl halides is 3. The van der Waals surface area contributed by atoms with E-state index >= 15 is 0 Å². The summed E-state index contributed by atoms with van der Waals surface area (Å²) in [7, 11) is 4.38. The summed E-state index contributed by atoms with van der Waals surface area (Å²) in [6.45, 7) is 4.37. The molecule has 1 aliphatic rings. The van der Waals surface area contributed by atoms with Gasteiger partial charge in [-0.05, 0) is 65.4 Å². The molecule has 3 rings (SSSR count). The molecule has 1 saturated carbocycles. The smallest absolute Gasteiger partial charge is 0.385 e. The van der Waals surface area contributed by atoms with Crippen molar-refractivity contribution < 1.29 is 18.0 Å². The van der Waals surface area contributed by atoms with Crippen molar-refractivity contribution in [2.75, 3.05) is 26.0 Å². The highest BCUT2D eigenvalue weighted by Gasteiger charge is 2.30. The largest absolute Gasteiger partial charge is 0.408 e. The second kappa shape index (κ2) is 12.8. The monoisotopic (exact) mass is 497 g/mol. The number of carbonyl (C=O) groups is 1. The molecular formula is C25H38F3N5O2. The molecule has 1 fully saturated rings. The number of anilines is 1. The molecule has 0 bridgehead atoms. The molecule has 2 aromatic rings. The van der Waals surface area contributed by atoms with Gasteiger partial charge in [0.2, 0.25) is 0 Å². The quantitative estimate of drug-likeness (QED) is 0.522. The number of aryl methyl sites for hydroxylation is 1. The maximum atomic E-state index is 12.5. The first-order valence-electron chi connectivity index (χ1n) is 12.1. The Labute approximate surface area is 205 Å². The predicted molar refractivity (Wildman–Crippen MR) is 133 cm³/mol. The Bertz CT molecular complexity index is 1020. The molecule has 0 atom stereocenters. The maximum absolute atomic E-state index is 12.5. The average molecular weight is 498 g/mol. The molecule has 0 spiro atoms. The van der Waals surface area contributed by atoms with Crippen molar-refractivity contribution in [3.8, 4) is 0 Å². The lowest BCUT2D eigenvalue weighted by molar-refractivity contribution is -0.143. The second-order valence-electron chi connectivity index (χ2n) is 9.17. The van der Waals surface area contributed by atoms with Gasteiger partial charge in [0.25, 0.3) is 11.5 Å². The first-order valence-corrected chi connectivity index (χ1v) is 12.1. The predicted octanol–water partition coefficient (Wildman–Crippen LogP) is 4.60. The van der Waals surface area contributed by atoms with E-state index in [1.165, 1.54) is 39.0 Å². The van der Waals surface area contributed by atoms with Crippen molar-refractivity contribution in [2.45, 2.75) is 78.2 Å². The van der Waals surface area contributed by atoms with Crippen molar-refractivity contribution in [3.05, 3.63) is 50.9 Å². The van der Waals surface area contributed by atoms with Gasteiger partial charge < -0.3 is 15.5 Å². The van der Waals surface area contributed by atoms with Crippen molar-refractivity contribution in [2.24, 2.45) is 0 Å². The Hall–Kier alpha value is -2.75. The van der Waals surface area contributed by atoms with Gasteiger partial charge in [0.1, 0.15) is 6.54 Å². The highest BCUT2D eigenvalue weighted by atomic mass is 19.4. The molecule has 196 valence electrons. The number of nitrogens with one attached hydrogen (secondary N) is 3. The highest BCUT2D eigenvalue weighted by Crippen LogP contribution is 2.21. The van der Waals surface area contributed by atoms with Crippen molar-refractivity contribution in [1.29, 1.82) is 0 Å². The Morgan fingerprint density at radius 2 is 1.83 bits per heavy atom. The number of aromatic amines is 1. The van der Waals surface area contributed by atoms with Crippen LogP contribution in [0.1, 0.15) is 66.2 Å². The van der Waals surface area contributed by atoms with E-state index in [4.69, 9.17) is 0 Å². The number of amides is 1. The summed E-state index contributed by atoms with van der Waals surface area (Å²) in [6.07, 6.45) is 2.70. The number of aromatic nitrogens is 2. The Morgan fingerprint density at radius 1 is 1.17 bits per heavy atom. The van der Waals surface area contributed by atoms with E-state index in [9.17, 15) is 22.8 Å². The summed E-state index contributed by atoms with van der Waals surface area (Å²) in [5.74, 6) is -0.398. The van der Waals surface area contributed by atoms with Crippen LogP contribution in [0.2, 0.25) is 0 Å². The van der Waals surface area contributed by atoms with Gasteiger partial charge in [-0.25, -0.2) is 4.68 Å². The van der Waals surface area contributed by atoms with Gasteiger partial charge in [0.05, 0.1) is 12.1 Å². The van der Waals surface area contributed by atoms with E-state index < -0.39 is 24.2 Å². The fourth-order valence-electron chi connectivity index (χ4n) is 4.27. The van der Waals surface area contributed by atoms with Crippen LogP contribution in [0.5, 0.6) is 0 Å². The summed E-state index contributed by atoms with van der Waals surface area (Å²) >= 11 is 0. The van der Waals surface area contributed by atoms with Gasteiger partial charge in [-0.15, -0.1) is 0 Å². The summed E-state index contributed by atoms with van der Waals surface area (Å²) in [6, 6.07) is 6.12. The molecule has 1 aromatic carbocycles. The molecule has 1 aromatic heterocycles. The van der Waals surface area contributed by atoms with E-state index in [1.807, 2.05) is 13.0 Å². The Morgan fingerprint density at radius 3 is 2.37 bits per heavy atom. The van der Waals surface area contributed by atoms with Crippen molar-refractivity contribution in [1.82, 2.24) is 20.0 Å². The van der Waals surface area contributed by atoms with Crippen LogP contribution in [-0.2, 0) is 13.1 Å². The Balaban J connectivity index is 0.000000402. The lowest BCUT2D eigenvalue weighted by Gasteiger charge is -2.27. The molecule has 0 saturated heterocycles. The number of benzene rings is 1. The number of H-pyrrole nitrogens is 1. The molecule has 0 radical (unpaired) electrons. The van der Waals surface area contributed by atoms with Crippen LogP contribution in [0.3, 0.4) is 0 Å². The van der Waals surface area contributed by atoms with Crippen LogP contribution in [0, 0.1) is 13.8 Å². The van der Waals surface area contributed by atoms with Gasteiger partial charge in [0.15, 0.2) is 0 Å². The minimum absolute atomic E-state index is 0.100. The van der Waals surface area contributed by atoms with Gasteiger partial charge in [-0.3, -0.25) is 14.7 Å². The third-order valence-corrected chi connectivity index (χ3v) is 6.27. The SMILES string of the molecule is CCNc1cccc(C(=O)NCc2c(C)[nH]n(CC(F)(F)F)c2=O)c1C.CN(C)C1CCCCC1. The molecule has 0 unspecified atom stereocenters. The van der Waals surface area contributed by atoms with Gasteiger partial charge >= 0.3 is 6.18 Å². The molecule has 35 heavy (non-hydrogen) atoms. The molecule has 3 N–H and O–H groups in total. The summed E-state index contributed by atoms with van der Waals surface area (Å²) in [5.41, 5.74) is 1.61. The number of hydrogen-bond acceptors (Lipinski definition) is 4. The van der Waals surface area contributed by atoms with Crippen molar-refractivity contribution in [3.63, 3.8) is 0 Å². The maximum Gasteiger partial charge on any atom is 0.408 e. The average Bonchev–Trinajstić information content (AvgIpc) is 3.05. The van der Waals surface area contributed by atoms with Crippen LogP contribution in [0.15, 0.2) is 23.0 Å². The number of nitrogens with zero attached hydrogens (tertiary/aromatic N) is 2. The van der Waals surface area contributed by atoms with Crippen molar-refractivity contribution >= 4 is 11.6 Å². The summed E-state index contributed by atoms with van der Waals surface area (Å²) in [4.78, 5) is 26.9. The Kier molecular flexibility index (Phi) is 10.4. The third-order valence-electron chi connectivity index (χ3n) is 6.27. The summed E-state index contributed by atoms with van der Waals surface area (Å²) < 4.78 is 38.0. The number of rotatable bonds is 7. The second-order valence-corrected chi connectivity index (χ2v) is 9.17. The molecule has 1 heterocycles. The molecule has 7 nitrogen and oxygen atoms in total. The lowest BCUT2D eigenvalue weighted by Crippen LogP contribution is -2.30. The van der Waals surface area contributed by atoms with E-state index in [-0.39, 0.29) is 17.8 Å². The first-order chi connectivity index (χ1) is 16.4. The number of hydrogen-bond donors (Lipinski definition) is 3. The zero-order valence-corrected chi connectivity index (χ0v) is 21.3. The van der Waals surface area contributed by atoms with Crippen LogP contribution < -0.4 is 16.2 Å². The third kappa shape index (κ3) is 8.45. The zero-order chi connectivity index (χ0) is 26.2. The van der Waals surface area contributed by atoms with E-state index in [1.54, 1.807) is 19.1 Å². The standard InChI is InChI=1S/C17H21F3N4O2.C8H17N/c1-4-21-14-7-5-6-12(10(14)2)15(25)22-8-13-11(3)23-24(16(13)26)9-17(18,19)20;1-9(2)8-6-4-3-5-7-8/h5-7,21,23H,4,8-9H2,1-3H3,(H,22,25);8H,3-7H2,1-2H3. The van der Waals surface area contributed by atoms with Gasteiger partial charge in [-0.2, -0.15) is 13.2 Å². The van der Waals surface area contributed by atoms with E-state index in [0.29, 0.717) is 16.8 Å². The minimum atomic E-state index is -4.51. The normalized spacial score (nSPS) is 14.4. The van der Waals surface area contributed by atoms with Gasteiger partial charge in [-0.1, -0.05) is 25.3 Å². The molecule has 0 aliphatic heterocycles. The summed E-state index contributed by atoms with van der Waals surface area (Å²) in [5, 5.41) is 8.14. The fraction of sp³-hybridized carbons (Fsp3) is 0.600. The fourth-order valence-corrected chi connectivity index (χ4v) is 4.27. The van der Waals surface area contributed by atoms with E-state index in [0.717, 1.165) is 17.3 Å². The number of halogens is 3. The lowest BCUT2D eigenvalue weighted by atomic mass is 9.95. The zero-order valence-electron chi connectivity index (χ0n) is 21.3. The topological polar surface area (TPSA) is 82.2 Å².